The van der Waals surface area contributed by atoms with Crippen molar-refractivity contribution >= 4 is 16.7 Å². The lowest BCUT2D eigenvalue weighted by atomic mass is 9.94. The highest BCUT2D eigenvalue weighted by Gasteiger charge is 2.12. The summed E-state index contributed by atoms with van der Waals surface area (Å²) in [5.74, 6) is 0.0188. The number of carbonyl (C=O) groups is 1. The number of carboxylic acids is 1. The predicted octanol–water partition coefficient (Wildman–Crippen LogP) is 4.91. The summed E-state index contributed by atoms with van der Waals surface area (Å²) >= 11 is 0. The Morgan fingerprint density at radius 2 is 1.81 bits per heavy atom. The molecule has 0 bridgehead atoms. The number of nitrogens with zero attached hydrogens (tertiary/aromatic N) is 1. The van der Waals surface area contributed by atoms with Gasteiger partial charge in [0, 0.05) is 24.4 Å². The Hall–Kier alpha value is -3.40. The van der Waals surface area contributed by atoms with Crippen LogP contribution in [0.5, 0.6) is 0 Å². The maximum atomic E-state index is 10.9. The first-order valence-corrected chi connectivity index (χ1v) is 8.54. The SMILES string of the molecule is O=C(O)CCc1ccc(-c2ncc[nH]2)c(-c2ccc3ccccc3c2)c1. The number of imidazole rings is 1. The van der Waals surface area contributed by atoms with E-state index >= 15 is 0 Å². The lowest BCUT2D eigenvalue weighted by Gasteiger charge is -2.12. The van der Waals surface area contributed by atoms with Crippen LogP contribution in [-0.2, 0) is 11.2 Å². The average Bonchev–Trinajstić information content (AvgIpc) is 3.20. The van der Waals surface area contributed by atoms with Gasteiger partial charge in [-0.2, -0.15) is 0 Å². The van der Waals surface area contributed by atoms with Crippen LogP contribution >= 0.6 is 0 Å². The van der Waals surface area contributed by atoms with Gasteiger partial charge in [-0.1, -0.05) is 54.6 Å². The topological polar surface area (TPSA) is 66.0 Å². The Morgan fingerprint density at radius 3 is 2.58 bits per heavy atom. The van der Waals surface area contributed by atoms with Crippen LogP contribution < -0.4 is 0 Å². The molecule has 0 fully saturated rings. The summed E-state index contributed by atoms with van der Waals surface area (Å²) in [7, 11) is 0. The molecular formula is C22H18N2O2. The summed E-state index contributed by atoms with van der Waals surface area (Å²) in [4.78, 5) is 18.5. The average molecular weight is 342 g/mol. The molecule has 4 nitrogen and oxygen atoms in total. The molecule has 2 N–H and O–H groups in total. The van der Waals surface area contributed by atoms with Crippen LogP contribution in [0.1, 0.15) is 12.0 Å². The van der Waals surface area contributed by atoms with Crippen molar-refractivity contribution in [3.63, 3.8) is 0 Å². The van der Waals surface area contributed by atoms with Crippen LogP contribution in [0.15, 0.2) is 73.1 Å². The Kier molecular flexibility index (Phi) is 4.23. The normalized spacial score (nSPS) is 10.9. The number of H-pyrrole nitrogens is 1. The largest absolute Gasteiger partial charge is 0.481 e. The molecule has 0 spiro atoms. The van der Waals surface area contributed by atoms with Gasteiger partial charge in [0.15, 0.2) is 0 Å². The van der Waals surface area contributed by atoms with E-state index in [1.54, 1.807) is 12.4 Å². The number of aromatic amines is 1. The van der Waals surface area contributed by atoms with Crippen LogP contribution in [0.25, 0.3) is 33.3 Å². The molecule has 3 aromatic carbocycles. The number of aromatic nitrogens is 2. The summed E-state index contributed by atoms with van der Waals surface area (Å²) in [6.07, 6.45) is 4.17. The fourth-order valence-electron chi connectivity index (χ4n) is 3.21. The second-order valence-electron chi connectivity index (χ2n) is 6.27. The second kappa shape index (κ2) is 6.84. The van der Waals surface area contributed by atoms with Crippen molar-refractivity contribution in [3.8, 4) is 22.5 Å². The molecule has 26 heavy (non-hydrogen) atoms. The van der Waals surface area contributed by atoms with Crippen molar-refractivity contribution in [2.24, 2.45) is 0 Å². The Morgan fingerprint density at radius 1 is 0.962 bits per heavy atom. The van der Waals surface area contributed by atoms with Crippen LogP contribution in [0.3, 0.4) is 0 Å². The smallest absolute Gasteiger partial charge is 0.303 e. The first-order chi connectivity index (χ1) is 12.7. The van der Waals surface area contributed by atoms with Gasteiger partial charge in [0.2, 0.25) is 0 Å². The highest BCUT2D eigenvalue weighted by atomic mass is 16.4. The summed E-state index contributed by atoms with van der Waals surface area (Å²) < 4.78 is 0. The van der Waals surface area contributed by atoms with E-state index in [4.69, 9.17) is 5.11 Å². The molecule has 128 valence electrons. The maximum absolute atomic E-state index is 10.9. The van der Waals surface area contributed by atoms with E-state index in [1.807, 2.05) is 24.3 Å². The van der Waals surface area contributed by atoms with E-state index in [9.17, 15) is 4.79 Å². The van der Waals surface area contributed by atoms with E-state index in [-0.39, 0.29) is 6.42 Å². The van der Waals surface area contributed by atoms with Gasteiger partial charge in [-0.25, -0.2) is 4.98 Å². The standard InChI is InChI=1S/C22H18N2O2/c25-21(26)10-6-15-5-9-19(22-23-11-12-24-22)20(13-15)18-8-7-16-3-1-2-4-17(16)14-18/h1-5,7-9,11-14H,6,10H2,(H,23,24)(H,25,26). The van der Waals surface area contributed by atoms with Crippen LogP contribution in [0.4, 0.5) is 0 Å². The molecule has 0 aliphatic carbocycles. The molecule has 0 atom stereocenters. The quantitative estimate of drug-likeness (QED) is 0.541. The first kappa shape index (κ1) is 16.1. The summed E-state index contributed by atoms with van der Waals surface area (Å²) in [5, 5.41) is 11.3. The zero-order valence-electron chi connectivity index (χ0n) is 14.1. The van der Waals surface area contributed by atoms with Gasteiger partial charge in [0.1, 0.15) is 5.82 Å². The molecule has 0 unspecified atom stereocenters. The molecule has 4 rings (SSSR count). The molecule has 4 heteroatoms. The van der Waals surface area contributed by atoms with Crippen LogP contribution in [-0.4, -0.2) is 21.0 Å². The Labute approximate surface area is 151 Å². The molecule has 0 amide bonds. The zero-order valence-corrected chi connectivity index (χ0v) is 14.1. The van der Waals surface area contributed by atoms with Gasteiger partial charge in [-0.05, 0) is 39.9 Å². The minimum atomic E-state index is -0.785. The van der Waals surface area contributed by atoms with Gasteiger partial charge in [0.05, 0.1) is 0 Å². The number of nitrogens with one attached hydrogen (secondary N) is 1. The number of benzene rings is 3. The van der Waals surface area contributed by atoms with Gasteiger partial charge in [-0.15, -0.1) is 0 Å². The maximum Gasteiger partial charge on any atom is 0.303 e. The van der Waals surface area contributed by atoms with E-state index in [0.29, 0.717) is 6.42 Å². The van der Waals surface area contributed by atoms with E-state index in [1.165, 1.54) is 10.8 Å². The van der Waals surface area contributed by atoms with E-state index in [2.05, 4.69) is 46.4 Å². The lowest BCUT2D eigenvalue weighted by molar-refractivity contribution is -0.136. The summed E-state index contributed by atoms with van der Waals surface area (Å²) in [6, 6.07) is 20.7. The number of hydrogen-bond acceptors (Lipinski definition) is 2. The fourth-order valence-corrected chi connectivity index (χ4v) is 3.21. The van der Waals surface area contributed by atoms with Gasteiger partial charge in [-0.3, -0.25) is 4.79 Å². The Bertz CT molecular complexity index is 1070. The third-order valence-corrected chi connectivity index (χ3v) is 4.53. The summed E-state index contributed by atoms with van der Waals surface area (Å²) in [6.45, 7) is 0. The third kappa shape index (κ3) is 3.22. The first-order valence-electron chi connectivity index (χ1n) is 8.54. The number of fused-ring (bicyclic) bond motifs is 1. The second-order valence-corrected chi connectivity index (χ2v) is 6.27. The lowest BCUT2D eigenvalue weighted by Crippen LogP contribution is -1.98. The molecular weight excluding hydrogens is 324 g/mol. The van der Waals surface area contributed by atoms with Crippen LogP contribution in [0, 0.1) is 0 Å². The zero-order chi connectivity index (χ0) is 17.9. The molecule has 0 aliphatic heterocycles. The van der Waals surface area contributed by atoms with Gasteiger partial charge >= 0.3 is 5.97 Å². The molecule has 0 aliphatic rings. The number of carboxylic acid groups (broad SMARTS) is 1. The van der Waals surface area contributed by atoms with Crippen molar-refractivity contribution in [2.45, 2.75) is 12.8 Å². The van der Waals surface area contributed by atoms with Gasteiger partial charge < -0.3 is 10.1 Å². The molecule has 0 saturated carbocycles. The Balaban J connectivity index is 1.84. The highest BCUT2D eigenvalue weighted by Crippen LogP contribution is 2.33. The summed E-state index contributed by atoms with van der Waals surface area (Å²) in [5.41, 5.74) is 4.15. The number of hydrogen-bond donors (Lipinski definition) is 2. The molecule has 0 radical (unpaired) electrons. The van der Waals surface area contributed by atoms with Crippen molar-refractivity contribution in [2.75, 3.05) is 0 Å². The van der Waals surface area contributed by atoms with Crippen molar-refractivity contribution in [1.29, 1.82) is 0 Å². The minimum absolute atomic E-state index is 0.122. The predicted molar refractivity (Wildman–Crippen MR) is 103 cm³/mol. The highest BCUT2D eigenvalue weighted by molar-refractivity contribution is 5.90. The third-order valence-electron chi connectivity index (χ3n) is 4.53. The molecule has 1 heterocycles. The van der Waals surface area contributed by atoms with E-state index < -0.39 is 5.97 Å². The van der Waals surface area contributed by atoms with Crippen molar-refractivity contribution < 1.29 is 9.90 Å². The number of aliphatic carboxylic acids is 1. The van der Waals surface area contributed by atoms with Crippen LogP contribution in [0.2, 0.25) is 0 Å². The number of aryl methyl sites for hydroxylation is 1. The van der Waals surface area contributed by atoms with Gasteiger partial charge in [0.25, 0.3) is 0 Å². The minimum Gasteiger partial charge on any atom is -0.481 e. The molecule has 1 aromatic heterocycles. The monoisotopic (exact) mass is 342 g/mol. The van der Waals surface area contributed by atoms with Crippen molar-refractivity contribution in [1.82, 2.24) is 9.97 Å². The fraction of sp³-hybridized carbons (Fsp3) is 0.0909. The van der Waals surface area contributed by atoms with E-state index in [0.717, 1.165) is 28.1 Å². The molecule has 4 aromatic rings. The number of rotatable bonds is 5. The molecule has 0 saturated heterocycles. The van der Waals surface area contributed by atoms with Crippen molar-refractivity contribution in [3.05, 3.63) is 78.6 Å².